The molecule has 0 unspecified atom stereocenters. The lowest BCUT2D eigenvalue weighted by molar-refractivity contribution is 0.0904. The van der Waals surface area contributed by atoms with E-state index in [0.29, 0.717) is 6.54 Å². The standard InChI is InChI=1S/C14H21NOS2/c1-3-17-14-5-4-13(18-14)12(16)10-15-8-6-11(2)7-9-15/h4-5,11H,3,6-10H2,1-2H3. The van der Waals surface area contributed by atoms with E-state index in [1.54, 1.807) is 11.3 Å². The van der Waals surface area contributed by atoms with Crippen LogP contribution in [0.4, 0.5) is 0 Å². The zero-order chi connectivity index (χ0) is 13.0. The fourth-order valence-corrected chi connectivity index (χ4v) is 4.17. The summed E-state index contributed by atoms with van der Waals surface area (Å²) in [5.41, 5.74) is 0. The quantitative estimate of drug-likeness (QED) is 0.606. The molecule has 0 radical (unpaired) electrons. The van der Waals surface area contributed by atoms with E-state index in [0.717, 1.165) is 29.6 Å². The SMILES string of the molecule is CCSc1ccc(C(=O)CN2CCC(C)CC2)s1. The van der Waals surface area contributed by atoms with Crippen LogP contribution in [-0.4, -0.2) is 36.1 Å². The number of ketones is 1. The van der Waals surface area contributed by atoms with Crippen LogP contribution in [0.1, 0.15) is 36.4 Å². The molecule has 0 N–H and O–H groups in total. The molecule has 1 aromatic heterocycles. The molecule has 2 nitrogen and oxygen atoms in total. The number of hydrogen-bond donors (Lipinski definition) is 0. The lowest BCUT2D eigenvalue weighted by Crippen LogP contribution is -2.36. The van der Waals surface area contributed by atoms with Gasteiger partial charge in [0.25, 0.3) is 0 Å². The maximum absolute atomic E-state index is 12.2. The summed E-state index contributed by atoms with van der Waals surface area (Å²) in [5.74, 6) is 2.18. The average molecular weight is 283 g/mol. The van der Waals surface area contributed by atoms with E-state index in [4.69, 9.17) is 0 Å². The zero-order valence-corrected chi connectivity index (χ0v) is 12.8. The van der Waals surface area contributed by atoms with Crippen LogP contribution in [0.25, 0.3) is 0 Å². The van der Waals surface area contributed by atoms with Crippen LogP contribution in [0.5, 0.6) is 0 Å². The smallest absolute Gasteiger partial charge is 0.186 e. The third-order valence-electron chi connectivity index (χ3n) is 3.39. The maximum atomic E-state index is 12.2. The Morgan fingerprint density at radius 2 is 2.17 bits per heavy atom. The molecule has 0 atom stereocenters. The predicted molar refractivity (Wildman–Crippen MR) is 79.9 cm³/mol. The summed E-state index contributed by atoms with van der Waals surface area (Å²) in [5, 5.41) is 0. The van der Waals surface area contributed by atoms with Crippen LogP contribution in [0.15, 0.2) is 16.3 Å². The van der Waals surface area contributed by atoms with Crippen LogP contribution in [0.3, 0.4) is 0 Å². The summed E-state index contributed by atoms with van der Waals surface area (Å²) < 4.78 is 1.26. The Labute approximate surface area is 118 Å². The number of thiophene rings is 1. The molecular weight excluding hydrogens is 262 g/mol. The highest BCUT2D eigenvalue weighted by atomic mass is 32.2. The van der Waals surface area contributed by atoms with Gasteiger partial charge in [0.1, 0.15) is 0 Å². The van der Waals surface area contributed by atoms with Gasteiger partial charge in [0, 0.05) is 0 Å². The van der Waals surface area contributed by atoms with Crippen LogP contribution in [-0.2, 0) is 0 Å². The van der Waals surface area contributed by atoms with Gasteiger partial charge in [-0.1, -0.05) is 13.8 Å². The van der Waals surface area contributed by atoms with Gasteiger partial charge in [-0.05, 0) is 49.7 Å². The van der Waals surface area contributed by atoms with E-state index < -0.39 is 0 Å². The number of Topliss-reactive ketones (excluding diaryl/α,β-unsaturated/α-hetero) is 1. The number of hydrogen-bond acceptors (Lipinski definition) is 4. The first-order valence-electron chi connectivity index (χ1n) is 6.67. The first kappa shape index (κ1) is 14.1. The minimum atomic E-state index is 0.289. The first-order chi connectivity index (χ1) is 8.69. The minimum absolute atomic E-state index is 0.289. The summed E-state index contributed by atoms with van der Waals surface area (Å²) in [6.07, 6.45) is 2.46. The van der Waals surface area contributed by atoms with E-state index in [1.807, 2.05) is 17.8 Å². The molecule has 4 heteroatoms. The van der Waals surface area contributed by atoms with E-state index in [1.165, 1.54) is 17.1 Å². The monoisotopic (exact) mass is 283 g/mol. The third kappa shape index (κ3) is 3.84. The molecule has 1 aliphatic heterocycles. The molecule has 2 heterocycles. The van der Waals surface area contributed by atoms with Crippen LogP contribution in [0, 0.1) is 5.92 Å². The predicted octanol–water partition coefficient (Wildman–Crippen LogP) is 3.77. The van der Waals surface area contributed by atoms with Gasteiger partial charge in [0.05, 0.1) is 15.6 Å². The molecule has 0 aliphatic carbocycles. The summed E-state index contributed by atoms with van der Waals surface area (Å²) in [7, 11) is 0. The molecule has 0 bridgehead atoms. The summed E-state index contributed by atoms with van der Waals surface area (Å²) in [6, 6.07) is 4.06. The van der Waals surface area contributed by atoms with Crippen molar-refractivity contribution in [2.45, 2.75) is 30.9 Å². The van der Waals surface area contributed by atoms with Crippen LogP contribution < -0.4 is 0 Å². The van der Waals surface area contributed by atoms with Crippen molar-refractivity contribution in [2.24, 2.45) is 5.92 Å². The molecule has 100 valence electrons. The Balaban J connectivity index is 1.86. The average Bonchev–Trinajstić information content (AvgIpc) is 2.81. The van der Waals surface area contributed by atoms with E-state index >= 15 is 0 Å². The van der Waals surface area contributed by atoms with Gasteiger partial charge in [0.15, 0.2) is 5.78 Å². The number of carbonyl (C=O) groups is 1. The second-order valence-corrected chi connectivity index (χ2v) is 7.58. The number of nitrogens with zero attached hydrogens (tertiary/aromatic N) is 1. The number of thioether (sulfide) groups is 1. The Bertz CT molecular complexity index is 394. The van der Waals surface area contributed by atoms with Crippen molar-refractivity contribution in [1.29, 1.82) is 0 Å². The van der Waals surface area contributed by atoms with Crippen molar-refractivity contribution in [3.8, 4) is 0 Å². The Kier molecular flexibility index (Phi) is 5.27. The molecule has 0 amide bonds. The second kappa shape index (κ2) is 6.73. The summed E-state index contributed by atoms with van der Waals surface area (Å²) >= 11 is 3.45. The van der Waals surface area contributed by atoms with Gasteiger partial charge >= 0.3 is 0 Å². The van der Waals surface area contributed by atoms with Gasteiger partial charge in [-0.15, -0.1) is 23.1 Å². The minimum Gasteiger partial charge on any atom is -0.296 e. The molecular formula is C14H21NOS2. The number of likely N-dealkylation sites (tertiary alicyclic amines) is 1. The van der Waals surface area contributed by atoms with Gasteiger partial charge in [-0.2, -0.15) is 0 Å². The Morgan fingerprint density at radius 3 is 2.83 bits per heavy atom. The van der Waals surface area contributed by atoms with Crippen molar-refractivity contribution in [3.05, 3.63) is 17.0 Å². The van der Waals surface area contributed by atoms with Crippen LogP contribution in [0.2, 0.25) is 0 Å². The molecule has 1 aliphatic rings. The fraction of sp³-hybridized carbons (Fsp3) is 0.643. The molecule has 1 saturated heterocycles. The highest BCUT2D eigenvalue weighted by Gasteiger charge is 2.19. The molecule has 1 fully saturated rings. The highest BCUT2D eigenvalue weighted by Crippen LogP contribution is 2.27. The van der Waals surface area contributed by atoms with Gasteiger partial charge < -0.3 is 0 Å². The highest BCUT2D eigenvalue weighted by molar-refractivity contribution is 8.01. The van der Waals surface area contributed by atoms with E-state index in [9.17, 15) is 4.79 Å². The Hall–Kier alpha value is -0.320. The van der Waals surface area contributed by atoms with Crippen molar-refractivity contribution < 1.29 is 4.79 Å². The molecule has 0 spiro atoms. The number of piperidine rings is 1. The lowest BCUT2D eigenvalue weighted by Gasteiger charge is -2.29. The van der Waals surface area contributed by atoms with Crippen molar-refractivity contribution >= 4 is 28.9 Å². The second-order valence-electron chi connectivity index (χ2n) is 4.93. The molecule has 0 aromatic carbocycles. The Morgan fingerprint density at radius 1 is 1.44 bits per heavy atom. The topological polar surface area (TPSA) is 20.3 Å². The third-order valence-corrected chi connectivity index (χ3v) is 5.62. The molecule has 18 heavy (non-hydrogen) atoms. The van der Waals surface area contributed by atoms with Gasteiger partial charge in [-0.25, -0.2) is 0 Å². The lowest BCUT2D eigenvalue weighted by atomic mass is 9.99. The van der Waals surface area contributed by atoms with Crippen molar-refractivity contribution in [3.63, 3.8) is 0 Å². The van der Waals surface area contributed by atoms with Crippen molar-refractivity contribution in [1.82, 2.24) is 4.90 Å². The first-order valence-corrected chi connectivity index (χ1v) is 8.47. The summed E-state index contributed by atoms with van der Waals surface area (Å²) in [6.45, 7) is 7.20. The molecule has 1 aromatic rings. The number of carbonyl (C=O) groups excluding carboxylic acids is 1. The number of rotatable bonds is 5. The van der Waals surface area contributed by atoms with E-state index in [-0.39, 0.29) is 5.78 Å². The van der Waals surface area contributed by atoms with Crippen molar-refractivity contribution in [2.75, 3.05) is 25.4 Å². The van der Waals surface area contributed by atoms with Gasteiger partial charge in [-0.3, -0.25) is 9.69 Å². The molecule has 0 saturated carbocycles. The van der Waals surface area contributed by atoms with E-state index in [2.05, 4.69) is 24.8 Å². The molecule has 2 rings (SSSR count). The zero-order valence-electron chi connectivity index (χ0n) is 11.1. The van der Waals surface area contributed by atoms with Crippen LogP contribution >= 0.6 is 23.1 Å². The normalized spacial score (nSPS) is 18.1. The fourth-order valence-electron chi connectivity index (χ4n) is 2.19. The summed E-state index contributed by atoms with van der Waals surface area (Å²) in [4.78, 5) is 15.4. The largest absolute Gasteiger partial charge is 0.296 e. The van der Waals surface area contributed by atoms with Gasteiger partial charge in [0.2, 0.25) is 0 Å². The maximum Gasteiger partial charge on any atom is 0.186 e.